The standard InChI is InChI=1S/C14H17ClN2O2/c15-12-7-6-10(8-11(12)13(16)18)17-14(19)9-4-2-1-3-5-9/h6-9H,1-5H2,(H2,16,18)(H,17,19). The summed E-state index contributed by atoms with van der Waals surface area (Å²) in [5, 5.41) is 3.12. The topological polar surface area (TPSA) is 72.2 Å². The summed E-state index contributed by atoms with van der Waals surface area (Å²) in [4.78, 5) is 23.3. The predicted octanol–water partition coefficient (Wildman–Crippen LogP) is 2.96. The molecule has 1 aliphatic carbocycles. The number of hydrogen-bond donors (Lipinski definition) is 2. The Bertz CT molecular complexity index is 496. The molecule has 1 fully saturated rings. The molecule has 1 aliphatic rings. The number of primary amides is 1. The highest BCUT2D eigenvalue weighted by molar-refractivity contribution is 6.33. The fourth-order valence-electron chi connectivity index (χ4n) is 2.40. The molecule has 5 heteroatoms. The zero-order valence-electron chi connectivity index (χ0n) is 10.6. The molecule has 0 heterocycles. The number of hydrogen-bond acceptors (Lipinski definition) is 2. The average molecular weight is 281 g/mol. The predicted molar refractivity (Wildman–Crippen MR) is 75.2 cm³/mol. The zero-order valence-corrected chi connectivity index (χ0v) is 11.4. The van der Waals surface area contributed by atoms with Crippen molar-refractivity contribution in [2.24, 2.45) is 11.7 Å². The van der Waals surface area contributed by atoms with Gasteiger partial charge in [0.2, 0.25) is 11.8 Å². The summed E-state index contributed by atoms with van der Waals surface area (Å²) in [6.45, 7) is 0. The Morgan fingerprint density at radius 3 is 2.53 bits per heavy atom. The third-order valence-electron chi connectivity index (χ3n) is 3.48. The van der Waals surface area contributed by atoms with E-state index in [-0.39, 0.29) is 17.4 Å². The highest BCUT2D eigenvalue weighted by Crippen LogP contribution is 2.26. The minimum absolute atomic E-state index is 0.0115. The molecule has 0 bridgehead atoms. The van der Waals surface area contributed by atoms with Crippen LogP contribution in [0.25, 0.3) is 0 Å². The summed E-state index contributed by atoms with van der Waals surface area (Å²) in [5.41, 5.74) is 6.01. The van der Waals surface area contributed by atoms with E-state index in [1.807, 2.05) is 0 Å². The largest absolute Gasteiger partial charge is 0.366 e. The van der Waals surface area contributed by atoms with E-state index in [4.69, 9.17) is 17.3 Å². The van der Waals surface area contributed by atoms with Crippen molar-refractivity contribution in [2.75, 3.05) is 5.32 Å². The van der Waals surface area contributed by atoms with Crippen LogP contribution in [0.2, 0.25) is 5.02 Å². The summed E-state index contributed by atoms with van der Waals surface area (Å²) in [6.07, 6.45) is 5.28. The third-order valence-corrected chi connectivity index (χ3v) is 3.80. The molecule has 1 saturated carbocycles. The molecule has 0 radical (unpaired) electrons. The first-order valence-electron chi connectivity index (χ1n) is 6.48. The van der Waals surface area contributed by atoms with Gasteiger partial charge in [-0.2, -0.15) is 0 Å². The summed E-state index contributed by atoms with van der Waals surface area (Å²) < 4.78 is 0. The Balaban J connectivity index is 2.08. The second-order valence-electron chi connectivity index (χ2n) is 4.88. The van der Waals surface area contributed by atoms with Gasteiger partial charge >= 0.3 is 0 Å². The minimum Gasteiger partial charge on any atom is -0.366 e. The number of benzene rings is 1. The van der Waals surface area contributed by atoms with Crippen LogP contribution >= 0.6 is 11.6 Å². The lowest BCUT2D eigenvalue weighted by molar-refractivity contribution is -0.120. The Kier molecular flexibility index (Phi) is 4.43. The van der Waals surface area contributed by atoms with Gasteiger partial charge in [-0.05, 0) is 31.0 Å². The lowest BCUT2D eigenvalue weighted by Crippen LogP contribution is -2.25. The molecule has 2 rings (SSSR count). The first kappa shape index (κ1) is 13.9. The van der Waals surface area contributed by atoms with E-state index in [0.717, 1.165) is 25.7 Å². The maximum atomic E-state index is 12.1. The molecular formula is C14H17ClN2O2. The number of carbonyl (C=O) groups is 2. The number of nitrogens with two attached hydrogens (primary N) is 1. The number of carbonyl (C=O) groups excluding carboxylic acids is 2. The van der Waals surface area contributed by atoms with Crippen molar-refractivity contribution in [2.45, 2.75) is 32.1 Å². The van der Waals surface area contributed by atoms with E-state index < -0.39 is 5.91 Å². The molecule has 0 aliphatic heterocycles. The molecule has 3 N–H and O–H groups in total. The van der Waals surface area contributed by atoms with Crippen LogP contribution < -0.4 is 11.1 Å². The van der Waals surface area contributed by atoms with Gasteiger partial charge in [0, 0.05) is 11.6 Å². The van der Waals surface area contributed by atoms with Gasteiger partial charge in [-0.1, -0.05) is 30.9 Å². The van der Waals surface area contributed by atoms with E-state index in [1.54, 1.807) is 12.1 Å². The van der Waals surface area contributed by atoms with Gasteiger partial charge in [-0.3, -0.25) is 9.59 Å². The van der Waals surface area contributed by atoms with Crippen molar-refractivity contribution < 1.29 is 9.59 Å². The van der Waals surface area contributed by atoms with Crippen LogP contribution in [0.5, 0.6) is 0 Å². The van der Waals surface area contributed by atoms with Gasteiger partial charge in [-0.15, -0.1) is 0 Å². The monoisotopic (exact) mass is 280 g/mol. The van der Waals surface area contributed by atoms with E-state index in [1.165, 1.54) is 12.5 Å². The number of halogens is 1. The number of amides is 2. The van der Waals surface area contributed by atoms with E-state index >= 15 is 0 Å². The summed E-state index contributed by atoms with van der Waals surface area (Å²) >= 11 is 5.86. The van der Waals surface area contributed by atoms with E-state index in [0.29, 0.717) is 10.7 Å². The van der Waals surface area contributed by atoms with Crippen molar-refractivity contribution in [1.82, 2.24) is 0 Å². The van der Waals surface area contributed by atoms with Gasteiger partial charge in [0.05, 0.1) is 10.6 Å². The van der Waals surface area contributed by atoms with E-state index in [2.05, 4.69) is 5.32 Å². The molecule has 102 valence electrons. The lowest BCUT2D eigenvalue weighted by Gasteiger charge is -2.20. The van der Waals surface area contributed by atoms with Crippen LogP contribution in [0, 0.1) is 5.92 Å². The number of rotatable bonds is 3. The van der Waals surface area contributed by atoms with Crippen molar-refractivity contribution >= 4 is 29.1 Å². The van der Waals surface area contributed by atoms with Crippen molar-refractivity contribution in [1.29, 1.82) is 0 Å². The summed E-state index contributed by atoms with van der Waals surface area (Å²) in [7, 11) is 0. The van der Waals surface area contributed by atoms with Gasteiger partial charge in [-0.25, -0.2) is 0 Å². The van der Waals surface area contributed by atoms with Crippen LogP contribution in [0.3, 0.4) is 0 Å². The average Bonchev–Trinajstić information content (AvgIpc) is 2.41. The second kappa shape index (κ2) is 6.06. The van der Waals surface area contributed by atoms with Crippen LogP contribution in [0.4, 0.5) is 5.69 Å². The summed E-state index contributed by atoms with van der Waals surface area (Å²) in [5.74, 6) is -0.516. The fraction of sp³-hybridized carbons (Fsp3) is 0.429. The van der Waals surface area contributed by atoms with Crippen LogP contribution in [-0.4, -0.2) is 11.8 Å². The second-order valence-corrected chi connectivity index (χ2v) is 5.29. The van der Waals surface area contributed by atoms with Gasteiger partial charge in [0.25, 0.3) is 0 Å². The Labute approximate surface area is 117 Å². The third kappa shape index (κ3) is 3.47. The normalized spacial score (nSPS) is 16.1. The number of nitrogens with one attached hydrogen (secondary N) is 1. The molecule has 0 spiro atoms. The highest BCUT2D eigenvalue weighted by Gasteiger charge is 2.21. The molecule has 0 saturated heterocycles. The molecule has 0 atom stereocenters. The molecule has 4 nitrogen and oxygen atoms in total. The minimum atomic E-state index is -0.598. The quantitative estimate of drug-likeness (QED) is 0.893. The Morgan fingerprint density at radius 2 is 1.89 bits per heavy atom. The fourth-order valence-corrected chi connectivity index (χ4v) is 2.61. The SMILES string of the molecule is NC(=O)c1cc(NC(=O)C2CCCCC2)ccc1Cl. The zero-order chi connectivity index (χ0) is 13.8. The van der Waals surface area contributed by atoms with Crippen molar-refractivity contribution in [3.63, 3.8) is 0 Å². The molecule has 1 aromatic rings. The van der Waals surface area contributed by atoms with Crippen molar-refractivity contribution in [3.8, 4) is 0 Å². The first-order chi connectivity index (χ1) is 9.08. The maximum absolute atomic E-state index is 12.1. The van der Waals surface area contributed by atoms with Gasteiger partial charge in [0.1, 0.15) is 0 Å². The van der Waals surface area contributed by atoms with Gasteiger partial charge < -0.3 is 11.1 Å². The molecular weight excluding hydrogens is 264 g/mol. The van der Waals surface area contributed by atoms with Crippen LogP contribution in [0.1, 0.15) is 42.5 Å². The van der Waals surface area contributed by atoms with E-state index in [9.17, 15) is 9.59 Å². The number of anilines is 1. The van der Waals surface area contributed by atoms with Crippen molar-refractivity contribution in [3.05, 3.63) is 28.8 Å². The molecule has 2 amide bonds. The first-order valence-corrected chi connectivity index (χ1v) is 6.86. The lowest BCUT2D eigenvalue weighted by atomic mass is 9.88. The van der Waals surface area contributed by atoms with Gasteiger partial charge in [0.15, 0.2) is 0 Å². The molecule has 0 aromatic heterocycles. The highest BCUT2D eigenvalue weighted by atomic mass is 35.5. The molecule has 19 heavy (non-hydrogen) atoms. The molecule has 0 unspecified atom stereocenters. The Hall–Kier alpha value is -1.55. The Morgan fingerprint density at radius 1 is 1.21 bits per heavy atom. The van der Waals surface area contributed by atoms with Crippen LogP contribution in [0.15, 0.2) is 18.2 Å². The van der Waals surface area contributed by atoms with Crippen LogP contribution in [-0.2, 0) is 4.79 Å². The maximum Gasteiger partial charge on any atom is 0.250 e. The smallest absolute Gasteiger partial charge is 0.250 e. The summed E-state index contributed by atoms with van der Waals surface area (Å²) in [6, 6.07) is 4.76. The molecule has 1 aromatic carbocycles.